The van der Waals surface area contributed by atoms with Crippen LogP contribution >= 0.6 is 24.0 Å². The van der Waals surface area contributed by atoms with E-state index in [4.69, 9.17) is 0 Å². The summed E-state index contributed by atoms with van der Waals surface area (Å²) in [5.41, 5.74) is 3.45. The van der Waals surface area contributed by atoms with Gasteiger partial charge < -0.3 is 15.1 Å². The molecule has 24 heavy (non-hydrogen) atoms. The van der Waals surface area contributed by atoms with Gasteiger partial charge in [-0.15, -0.1) is 24.0 Å². The van der Waals surface area contributed by atoms with E-state index in [9.17, 15) is 4.79 Å². The maximum Gasteiger partial charge on any atom is 0.243 e. The molecule has 134 valence electrons. The van der Waals surface area contributed by atoms with Crippen molar-refractivity contribution in [1.82, 2.24) is 15.1 Å². The number of nitrogens with zero attached hydrogens (tertiary/aromatic N) is 3. The minimum absolute atomic E-state index is 0. The smallest absolute Gasteiger partial charge is 0.243 e. The highest BCUT2D eigenvalue weighted by Gasteiger charge is 2.09. The average Bonchev–Trinajstić information content (AvgIpc) is 2.48. The third-order valence-corrected chi connectivity index (χ3v) is 3.31. The second kappa shape index (κ2) is 11.1. The summed E-state index contributed by atoms with van der Waals surface area (Å²) in [6.45, 7) is 9.40. The molecule has 0 fully saturated rings. The van der Waals surface area contributed by atoms with Gasteiger partial charge in [-0.3, -0.25) is 4.79 Å². The summed E-state index contributed by atoms with van der Waals surface area (Å²) in [5.74, 6) is 0.673. The number of amides is 1. The van der Waals surface area contributed by atoms with E-state index in [1.165, 1.54) is 11.1 Å². The number of hydrogen-bond acceptors (Lipinski definition) is 2. The third-order valence-electron chi connectivity index (χ3n) is 3.31. The number of nitrogens with one attached hydrogen (secondary N) is 1. The predicted molar refractivity (Wildman–Crippen MR) is 112 cm³/mol. The molecule has 0 aliphatic rings. The van der Waals surface area contributed by atoms with Crippen LogP contribution in [0.15, 0.2) is 41.4 Å². The largest absolute Gasteiger partial charge is 0.353 e. The zero-order valence-corrected chi connectivity index (χ0v) is 17.6. The van der Waals surface area contributed by atoms with Crippen molar-refractivity contribution in [3.05, 3.63) is 47.5 Å². The van der Waals surface area contributed by atoms with Gasteiger partial charge in [-0.25, -0.2) is 4.99 Å². The zero-order valence-electron chi connectivity index (χ0n) is 15.3. The van der Waals surface area contributed by atoms with Crippen molar-refractivity contribution in [3.8, 4) is 0 Å². The molecule has 1 amide bonds. The predicted octanol–water partition coefficient (Wildman–Crippen LogP) is 2.65. The Balaban J connectivity index is 0.00000529. The van der Waals surface area contributed by atoms with Crippen molar-refractivity contribution >= 4 is 35.8 Å². The highest BCUT2D eigenvalue weighted by Crippen LogP contribution is 2.06. The van der Waals surface area contributed by atoms with E-state index in [-0.39, 0.29) is 36.4 Å². The van der Waals surface area contributed by atoms with Crippen LogP contribution in [0, 0.1) is 6.92 Å². The maximum atomic E-state index is 11.8. The van der Waals surface area contributed by atoms with Gasteiger partial charge in [0, 0.05) is 34.2 Å². The van der Waals surface area contributed by atoms with Crippen molar-refractivity contribution in [3.63, 3.8) is 0 Å². The Labute approximate surface area is 162 Å². The van der Waals surface area contributed by atoms with Crippen molar-refractivity contribution in [2.45, 2.75) is 20.4 Å². The summed E-state index contributed by atoms with van der Waals surface area (Å²) < 4.78 is 0. The van der Waals surface area contributed by atoms with Gasteiger partial charge in [0.15, 0.2) is 5.96 Å². The van der Waals surface area contributed by atoms with Gasteiger partial charge in [0.25, 0.3) is 0 Å². The van der Waals surface area contributed by atoms with E-state index in [0.717, 1.165) is 12.1 Å². The molecule has 1 aromatic rings. The van der Waals surface area contributed by atoms with Crippen molar-refractivity contribution in [2.75, 3.05) is 34.2 Å². The van der Waals surface area contributed by atoms with Crippen molar-refractivity contribution < 1.29 is 4.79 Å². The van der Waals surface area contributed by atoms with Crippen molar-refractivity contribution in [2.24, 2.45) is 4.99 Å². The standard InChI is InChI=1S/C18H28N4O.HI/c1-14(2)11-19-18(20-12-17(23)21(4)5)22(6)13-16-9-7-15(3)8-10-16;/h7-10H,1,11-13H2,2-6H3,(H,19,20);1H. The maximum absolute atomic E-state index is 11.8. The Kier molecular flexibility index (Phi) is 10.3. The average molecular weight is 444 g/mol. The van der Waals surface area contributed by atoms with E-state index in [0.29, 0.717) is 12.5 Å². The van der Waals surface area contributed by atoms with Crippen LogP contribution in [-0.2, 0) is 11.3 Å². The molecule has 0 bridgehead atoms. The lowest BCUT2D eigenvalue weighted by molar-refractivity contribution is -0.127. The quantitative estimate of drug-likeness (QED) is 0.318. The number of carbonyl (C=O) groups is 1. The molecule has 0 saturated carbocycles. The molecule has 0 aromatic heterocycles. The minimum Gasteiger partial charge on any atom is -0.353 e. The first kappa shape index (κ1) is 22.4. The van der Waals surface area contributed by atoms with Crippen LogP contribution in [-0.4, -0.2) is 55.9 Å². The number of aryl methyl sites for hydroxylation is 1. The first-order valence-electron chi connectivity index (χ1n) is 7.69. The monoisotopic (exact) mass is 444 g/mol. The third kappa shape index (κ3) is 8.33. The van der Waals surface area contributed by atoms with Gasteiger partial charge in [0.2, 0.25) is 5.91 Å². The van der Waals surface area contributed by atoms with Crippen LogP contribution in [0.25, 0.3) is 0 Å². The SMILES string of the molecule is C=C(C)CNC(=NCC(=O)N(C)C)N(C)Cc1ccc(C)cc1.I. The highest BCUT2D eigenvalue weighted by molar-refractivity contribution is 14.0. The van der Waals surface area contributed by atoms with Gasteiger partial charge in [-0.2, -0.15) is 0 Å². The molecule has 0 saturated heterocycles. The summed E-state index contributed by atoms with van der Waals surface area (Å²) in [7, 11) is 5.42. The summed E-state index contributed by atoms with van der Waals surface area (Å²) in [6, 6.07) is 8.40. The molecule has 1 N–H and O–H groups in total. The van der Waals surface area contributed by atoms with Gasteiger partial charge >= 0.3 is 0 Å². The molecule has 0 radical (unpaired) electrons. The number of guanidine groups is 1. The number of carbonyl (C=O) groups excluding carboxylic acids is 1. The van der Waals surface area contributed by atoms with Crippen LogP contribution in [0.3, 0.4) is 0 Å². The number of hydrogen-bond donors (Lipinski definition) is 1. The molecular weight excluding hydrogens is 415 g/mol. The lowest BCUT2D eigenvalue weighted by Gasteiger charge is -2.23. The summed E-state index contributed by atoms with van der Waals surface area (Å²) in [5, 5.41) is 3.25. The Morgan fingerprint density at radius 1 is 1.21 bits per heavy atom. The molecule has 0 aliphatic carbocycles. The molecule has 0 heterocycles. The Hall–Kier alpha value is -1.57. The fourth-order valence-electron chi connectivity index (χ4n) is 1.87. The van der Waals surface area contributed by atoms with Gasteiger partial charge in [0.1, 0.15) is 6.54 Å². The molecule has 0 unspecified atom stereocenters. The first-order chi connectivity index (χ1) is 10.8. The van der Waals surface area contributed by atoms with Crippen LogP contribution in [0.2, 0.25) is 0 Å². The molecule has 0 spiro atoms. The number of likely N-dealkylation sites (N-methyl/N-ethyl adjacent to an activating group) is 1. The van der Waals surface area contributed by atoms with Gasteiger partial charge in [0.05, 0.1) is 0 Å². The molecule has 0 atom stereocenters. The zero-order chi connectivity index (χ0) is 17.4. The number of rotatable bonds is 6. The fourth-order valence-corrected chi connectivity index (χ4v) is 1.87. The fraction of sp³-hybridized carbons (Fsp3) is 0.444. The lowest BCUT2D eigenvalue weighted by Crippen LogP contribution is -2.40. The second-order valence-electron chi connectivity index (χ2n) is 6.08. The van der Waals surface area contributed by atoms with Crippen molar-refractivity contribution in [1.29, 1.82) is 0 Å². The van der Waals surface area contributed by atoms with Crippen LogP contribution in [0.5, 0.6) is 0 Å². The summed E-state index contributed by atoms with van der Waals surface area (Å²) in [4.78, 5) is 19.7. The molecule has 1 aromatic carbocycles. The molecular formula is C18H29IN4O. The topological polar surface area (TPSA) is 47.9 Å². The lowest BCUT2D eigenvalue weighted by atomic mass is 10.1. The molecule has 1 rings (SSSR count). The molecule has 0 aliphatic heterocycles. The van der Waals surface area contributed by atoms with Gasteiger partial charge in [-0.05, 0) is 19.4 Å². The molecule has 5 nitrogen and oxygen atoms in total. The highest BCUT2D eigenvalue weighted by atomic mass is 127. The van der Waals surface area contributed by atoms with Crippen LogP contribution in [0.1, 0.15) is 18.1 Å². The Morgan fingerprint density at radius 3 is 2.29 bits per heavy atom. The Bertz CT molecular complexity index is 567. The number of halogens is 1. The summed E-state index contributed by atoms with van der Waals surface area (Å²) in [6.07, 6.45) is 0. The first-order valence-corrected chi connectivity index (χ1v) is 7.69. The van der Waals surface area contributed by atoms with Crippen LogP contribution < -0.4 is 5.32 Å². The molecule has 6 heteroatoms. The summed E-state index contributed by atoms with van der Waals surface area (Å²) >= 11 is 0. The van der Waals surface area contributed by atoms with E-state index in [1.54, 1.807) is 19.0 Å². The van der Waals surface area contributed by atoms with E-state index >= 15 is 0 Å². The van der Waals surface area contributed by atoms with E-state index in [2.05, 4.69) is 48.1 Å². The van der Waals surface area contributed by atoms with E-state index in [1.807, 2.05) is 18.9 Å². The van der Waals surface area contributed by atoms with Crippen LogP contribution in [0.4, 0.5) is 0 Å². The number of benzene rings is 1. The minimum atomic E-state index is -0.0247. The van der Waals surface area contributed by atoms with Gasteiger partial charge in [-0.1, -0.05) is 42.0 Å². The van der Waals surface area contributed by atoms with E-state index < -0.39 is 0 Å². The Morgan fingerprint density at radius 2 is 1.79 bits per heavy atom. The normalized spacial score (nSPS) is 10.6. The number of aliphatic imine (C=N–C) groups is 1. The second-order valence-corrected chi connectivity index (χ2v) is 6.08.